The minimum atomic E-state index is -0.692. The minimum absolute atomic E-state index is 0.184. The van der Waals surface area contributed by atoms with E-state index in [4.69, 9.17) is 0 Å². The quantitative estimate of drug-likeness (QED) is 0.785. The number of rotatable bonds is 2. The maximum absolute atomic E-state index is 13.7. The molecule has 5 nitrogen and oxygen atoms in total. The number of carbonyl (C=O) groups is 1. The van der Waals surface area contributed by atoms with Crippen LogP contribution in [0, 0.1) is 11.6 Å². The van der Waals surface area contributed by atoms with Gasteiger partial charge in [0.1, 0.15) is 11.6 Å². The average Bonchev–Trinajstić information content (AvgIpc) is 3.06. The third-order valence-electron chi connectivity index (χ3n) is 4.42. The smallest absolute Gasteiger partial charge is 0.227 e. The molecule has 3 heterocycles. The predicted octanol–water partition coefficient (Wildman–Crippen LogP) is 2.36. The Hall–Kier alpha value is -2.83. The molecule has 1 N–H and O–H groups in total. The number of benzene rings is 1. The number of aromatic nitrogens is 3. The second kappa shape index (κ2) is 5.67. The van der Waals surface area contributed by atoms with Gasteiger partial charge in [-0.05, 0) is 29.7 Å². The molecule has 0 fully saturated rings. The Morgan fingerprint density at radius 3 is 2.83 bits per heavy atom. The zero-order chi connectivity index (χ0) is 16.7. The van der Waals surface area contributed by atoms with Crippen molar-refractivity contribution in [2.24, 2.45) is 0 Å². The Morgan fingerprint density at radius 2 is 2.04 bits per heavy atom. The van der Waals surface area contributed by atoms with E-state index in [0.29, 0.717) is 19.5 Å². The lowest BCUT2D eigenvalue weighted by atomic mass is 9.98. The molecule has 2 aromatic heterocycles. The van der Waals surface area contributed by atoms with Crippen LogP contribution in [0.25, 0.3) is 11.0 Å². The van der Waals surface area contributed by atoms with Gasteiger partial charge < -0.3 is 4.90 Å². The molecule has 1 aromatic carbocycles. The summed E-state index contributed by atoms with van der Waals surface area (Å²) in [6.07, 6.45) is 3.83. The summed E-state index contributed by atoms with van der Waals surface area (Å²) in [4.78, 5) is 18.3. The highest BCUT2D eigenvalue weighted by Gasteiger charge is 2.24. The monoisotopic (exact) mass is 328 g/mol. The van der Waals surface area contributed by atoms with E-state index in [1.54, 1.807) is 17.3 Å². The SMILES string of the molecule is O=C(Cc1c(F)cccc1F)N1CCc2c(cnc3[nH]ncc23)C1. The largest absolute Gasteiger partial charge is 0.338 e. The van der Waals surface area contributed by atoms with Gasteiger partial charge in [-0.2, -0.15) is 5.10 Å². The van der Waals surface area contributed by atoms with E-state index in [1.807, 2.05) is 0 Å². The Balaban J connectivity index is 1.57. The predicted molar refractivity (Wildman–Crippen MR) is 83.1 cm³/mol. The number of amides is 1. The minimum Gasteiger partial charge on any atom is -0.338 e. The van der Waals surface area contributed by atoms with Crippen LogP contribution in [0.5, 0.6) is 0 Å². The van der Waals surface area contributed by atoms with Gasteiger partial charge in [-0.3, -0.25) is 9.89 Å². The van der Waals surface area contributed by atoms with E-state index in [0.717, 1.165) is 34.3 Å². The van der Waals surface area contributed by atoms with Gasteiger partial charge in [0.15, 0.2) is 5.65 Å². The average molecular weight is 328 g/mol. The molecule has 7 heteroatoms. The van der Waals surface area contributed by atoms with E-state index in [2.05, 4.69) is 15.2 Å². The Bertz CT molecular complexity index is 917. The van der Waals surface area contributed by atoms with Gasteiger partial charge in [0.25, 0.3) is 0 Å². The van der Waals surface area contributed by atoms with Gasteiger partial charge in [-0.15, -0.1) is 0 Å². The summed E-state index contributed by atoms with van der Waals surface area (Å²) in [5.41, 5.74) is 2.60. The summed E-state index contributed by atoms with van der Waals surface area (Å²) in [6.45, 7) is 0.893. The fraction of sp³-hybridized carbons (Fsp3) is 0.235. The van der Waals surface area contributed by atoms with Crippen molar-refractivity contribution >= 4 is 16.9 Å². The third-order valence-corrected chi connectivity index (χ3v) is 4.42. The van der Waals surface area contributed by atoms with Crippen molar-refractivity contribution in [1.82, 2.24) is 20.1 Å². The van der Waals surface area contributed by atoms with Gasteiger partial charge in [0, 0.05) is 30.2 Å². The Labute approximate surface area is 136 Å². The Kier molecular flexibility index (Phi) is 3.48. The Morgan fingerprint density at radius 1 is 1.25 bits per heavy atom. The van der Waals surface area contributed by atoms with Crippen LogP contribution in [0.2, 0.25) is 0 Å². The highest BCUT2D eigenvalue weighted by Crippen LogP contribution is 2.25. The lowest BCUT2D eigenvalue weighted by Crippen LogP contribution is -2.37. The number of halogens is 2. The van der Waals surface area contributed by atoms with Crippen LogP contribution in [-0.4, -0.2) is 32.5 Å². The van der Waals surface area contributed by atoms with Crippen LogP contribution in [0.3, 0.4) is 0 Å². The number of carbonyl (C=O) groups excluding carboxylic acids is 1. The van der Waals surface area contributed by atoms with Crippen LogP contribution in [0.1, 0.15) is 16.7 Å². The molecular formula is C17H14F2N4O. The number of hydrogen-bond donors (Lipinski definition) is 1. The molecule has 3 aromatic rings. The number of pyridine rings is 1. The van der Waals surface area contributed by atoms with Crippen LogP contribution in [0.4, 0.5) is 8.78 Å². The van der Waals surface area contributed by atoms with Gasteiger partial charge in [-0.1, -0.05) is 6.07 Å². The second-order valence-electron chi connectivity index (χ2n) is 5.84. The maximum atomic E-state index is 13.7. The number of nitrogens with zero attached hydrogens (tertiary/aromatic N) is 3. The lowest BCUT2D eigenvalue weighted by molar-refractivity contribution is -0.131. The molecule has 24 heavy (non-hydrogen) atoms. The van der Waals surface area contributed by atoms with Crippen molar-refractivity contribution in [3.63, 3.8) is 0 Å². The van der Waals surface area contributed by atoms with Crippen molar-refractivity contribution in [2.75, 3.05) is 6.54 Å². The highest BCUT2D eigenvalue weighted by atomic mass is 19.1. The van der Waals surface area contributed by atoms with E-state index >= 15 is 0 Å². The first-order valence-electron chi connectivity index (χ1n) is 7.64. The van der Waals surface area contributed by atoms with Gasteiger partial charge >= 0.3 is 0 Å². The normalized spacial score (nSPS) is 14.0. The maximum Gasteiger partial charge on any atom is 0.227 e. The topological polar surface area (TPSA) is 61.9 Å². The molecule has 1 amide bonds. The molecular weight excluding hydrogens is 314 g/mol. The first kappa shape index (κ1) is 14.7. The third kappa shape index (κ3) is 2.42. The van der Waals surface area contributed by atoms with Gasteiger partial charge in [0.05, 0.1) is 12.6 Å². The summed E-state index contributed by atoms with van der Waals surface area (Å²) >= 11 is 0. The van der Waals surface area contributed by atoms with Crippen LogP contribution in [0.15, 0.2) is 30.6 Å². The second-order valence-corrected chi connectivity index (χ2v) is 5.84. The number of nitrogens with one attached hydrogen (secondary N) is 1. The molecule has 0 saturated carbocycles. The molecule has 0 radical (unpaired) electrons. The van der Waals surface area contributed by atoms with E-state index in [-0.39, 0.29) is 17.9 Å². The van der Waals surface area contributed by atoms with Crippen molar-refractivity contribution in [3.05, 3.63) is 58.9 Å². The number of fused-ring (bicyclic) bond motifs is 3. The molecule has 4 rings (SSSR count). The molecule has 0 aliphatic carbocycles. The van der Waals surface area contributed by atoms with Gasteiger partial charge in [-0.25, -0.2) is 13.8 Å². The van der Waals surface area contributed by atoms with Crippen molar-refractivity contribution in [2.45, 2.75) is 19.4 Å². The van der Waals surface area contributed by atoms with E-state index in [1.165, 1.54) is 6.07 Å². The zero-order valence-corrected chi connectivity index (χ0v) is 12.7. The molecule has 0 atom stereocenters. The number of hydrogen-bond acceptors (Lipinski definition) is 3. The van der Waals surface area contributed by atoms with Crippen molar-refractivity contribution in [3.8, 4) is 0 Å². The standard InChI is InChI=1S/C17H14F2N4O/c18-14-2-1-3-15(19)12(14)6-16(24)23-5-4-11-10(9-23)7-20-17-13(11)8-21-22-17/h1-3,7-8H,4-6,9H2,(H,20,21,22). The number of H-pyrrole nitrogens is 1. The fourth-order valence-corrected chi connectivity index (χ4v) is 3.13. The highest BCUT2D eigenvalue weighted by molar-refractivity contribution is 5.82. The number of aromatic amines is 1. The summed E-state index contributed by atoms with van der Waals surface area (Å²) in [6, 6.07) is 3.62. The summed E-state index contributed by atoms with van der Waals surface area (Å²) in [7, 11) is 0. The fourth-order valence-electron chi connectivity index (χ4n) is 3.13. The zero-order valence-electron chi connectivity index (χ0n) is 12.7. The molecule has 122 valence electrons. The van der Waals surface area contributed by atoms with Crippen LogP contribution >= 0.6 is 0 Å². The molecule has 0 bridgehead atoms. The summed E-state index contributed by atoms with van der Waals surface area (Å²) in [5.74, 6) is -1.68. The summed E-state index contributed by atoms with van der Waals surface area (Å²) in [5, 5.41) is 7.77. The molecule has 0 saturated heterocycles. The van der Waals surface area contributed by atoms with Crippen molar-refractivity contribution < 1.29 is 13.6 Å². The lowest BCUT2D eigenvalue weighted by Gasteiger charge is -2.29. The van der Waals surface area contributed by atoms with Crippen molar-refractivity contribution in [1.29, 1.82) is 0 Å². The summed E-state index contributed by atoms with van der Waals surface area (Å²) < 4.78 is 27.4. The molecule has 0 spiro atoms. The van der Waals surface area contributed by atoms with Crippen LogP contribution in [-0.2, 0) is 24.2 Å². The first-order chi connectivity index (χ1) is 11.6. The molecule has 1 aliphatic heterocycles. The van der Waals surface area contributed by atoms with E-state index in [9.17, 15) is 13.6 Å². The van der Waals surface area contributed by atoms with E-state index < -0.39 is 11.6 Å². The van der Waals surface area contributed by atoms with Gasteiger partial charge in [0.2, 0.25) is 5.91 Å². The molecule has 0 unspecified atom stereocenters. The van der Waals surface area contributed by atoms with Crippen LogP contribution < -0.4 is 0 Å². The molecule has 1 aliphatic rings. The first-order valence-corrected chi connectivity index (χ1v) is 7.64.